The van der Waals surface area contributed by atoms with E-state index in [0.717, 1.165) is 24.8 Å². The number of anilines is 1. The molecule has 1 aromatic heterocycles. The number of rotatable bonds is 6. The van der Waals surface area contributed by atoms with Crippen molar-refractivity contribution < 1.29 is 17.9 Å². The zero-order valence-electron chi connectivity index (χ0n) is 15.5. The van der Waals surface area contributed by atoms with Crippen LogP contribution in [0.25, 0.3) is 0 Å². The summed E-state index contributed by atoms with van der Waals surface area (Å²) in [6.07, 6.45) is 6.35. The topological polar surface area (TPSA) is 85.4 Å². The Bertz CT molecular complexity index is 871. The lowest BCUT2D eigenvalue weighted by molar-refractivity contribution is -0.122. The van der Waals surface area contributed by atoms with Crippen molar-refractivity contribution >= 4 is 32.2 Å². The zero-order valence-corrected chi connectivity index (χ0v) is 17.1. The third-order valence-corrected chi connectivity index (χ3v) is 6.69. The minimum atomic E-state index is -3.28. The number of amides is 1. The average Bonchev–Trinajstić information content (AvgIpc) is 3.13. The van der Waals surface area contributed by atoms with E-state index in [0.29, 0.717) is 18.2 Å². The van der Waals surface area contributed by atoms with Gasteiger partial charge in [0.2, 0.25) is 5.91 Å². The van der Waals surface area contributed by atoms with Crippen molar-refractivity contribution in [3.05, 3.63) is 41.4 Å². The molecular weight excluding hydrogens is 384 g/mol. The van der Waals surface area contributed by atoms with Gasteiger partial charge in [-0.05, 0) is 50.3 Å². The van der Waals surface area contributed by atoms with Crippen molar-refractivity contribution in [2.24, 2.45) is 0 Å². The van der Waals surface area contributed by atoms with Crippen molar-refractivity contribution in [1.82, 2.24) is 4.98 Å². The number of carbonyl (C=O) groups excluding carboxylic acids is 1. The predicted octanol–water partition coefficient (Wildman–Crippen LogP) is 3.62. The number of nitrogens with one attached hydrogen (secondary N) is 1. The minimum Gasteiger partial charge on any atom is -0.375 e. The van der Waals surface area contributed by atoms with Gasteiger partial charge in [-0.2, -0.15) is 0 Å². The van der Waals surface area contributed by atoms with Gasteiger partial charge >= 0.3 is 0 Å². The Hall–Kier alpha value is -1.77. The molecule has 0 bridgehead atoms. The highest BCUT2D eigenvalue weighted by atomic mass is 32.2. The van der Waals surface area contributed by atoms with E-state index in [9.17, 15) is 13.2 Å². The van der Waals surface area contributed by atoms with Crippen molar-refractivity contribution in [2.45, 2.75) is 49.0 Å². The summed E-state index contributed by atoms with van der Waals surface area (Å²) in [6, 6.07) is 6.54. The third kappa shape index (κ3) is 5.15. The third-order valence-electron chi connectivity index (χ3n) is 4.88. The number of thiazole rings is 1. The van der Waals surface area contributed by atoms with E-state index in [4.69, 9.17) is 4.74 Å². The molecular formula is C19H24N2O4S2. The number of nitrogens with zero attached hydrogens (tertiary/aromatic N) is 1. The minimum absolute atomic E-state index is 0.160. The number of ether oxygens (including phenoxy) is 1. The monoisotopic (exact) mass is 408 g/mol. The highest BCUT2D eigenvalue weighted by Gasteiger charge is 2.35. The molecule has 1 saturated heterocycles. The summed E-state index contributed by atoms with van der Waals surface area (Å²) in [5.74, 6) is -0.613. The van der Waals surface area contributed by atoms with Crippen LogP contribution in [0.1, 0.15) is 44.1 Å². The Morgan fingerprint density at radius 1 is 1.33 bits per heavy atom. The average molecular weight is 409 g/mol. The maximum absolute atomic E-state index is 13.0. The van der Waals surface area contributed by atoms with Crippen molar-refractivity contribution in [3.63, 3.8) is 0 Å². The summed E-state index contributed by atoms with van der Waals surface area (Å²) in [7, 11) is -3.28. The first-order valence-corrected chi connectivity index (χ1v) is 11.7. The van der Waals surface area contributed by atoms with Crippen molar-refractivity contribution in [3.8, 4) is 0 Å². The summed E-state index contributed by atoms with van der Waals surface area (Å²) in [5.41, 5.74) is 0.394. The van der Waals surface area contributed by atoms with Gasteiger partial charge in [-0.15, -0.1) is 11.3 Å². The van der Waals surface area contributed by atoms with E-state index >= 15 is 0 Å². The van der Waals surface area contributed by atoms with E-state index in [1.165, 1.54) is 17.6 Å². The van der Waals surface area contributed by atoms with Gasteiger partial charge in [-0.1, -0.05) is 12.1 Å². The van der Waals surface area contributed by atoms with Crippen LogP contribution in [0, 0.1) is 0 Å². The van der Waals surface area contributed by atoms with Crippen LogP contribution in [-0.2, 0) is 19.4 Å². The molecule has 2 heterocycles. The number of aromatic nitrogens is 1. The molecule has 6 nitrogen and oxygen atoms in total. The second-order valence-corrected chi connectivity index (χ2v) is 10.1. The molecule has 2 unspecified atom stereocenters. The van der Waals surface area contributed by atoms with E-state index in [1.807, 2.05) is 6.92 Å². The fourth-order valence-corrected chi connectivity index (χ4v) is 4.53. The van der Waals surface area contributed by atoms with Crippen molar-refractivity contribution in [1.29, 1.82) is 0 Å². The molecule has 146 valence electrons. The Labute approximate surface area is 163 Å². The Morgan fingerprint density at radius 2 is 2.07 bits per heavy atom. The fourth-order valence-electron chi connectivity index (χ4n) is 3.37. The number of hydrogen-bond donors (Lipinski definition) is 1. The molecule has 1 aliphatic rings. The van der Waals surface area contributed by atoms with Crippen LogP contribution < -0.4 is 5.32 Å². The summed E-state index contributed by atoms with van der Waals surface area (Å²) in [4.78, 5) is 17.4. The number of benzene rings is 1. The zero-order chi connectivity index (χ0) is 19.5. The normalized spacial score (nSPS) is 21.6. The SMILES string of the molecule is CC1(CC(C(=O)Nc2nccs2)c2ccc(S(C)(=O)=O)cc2)CCCCO1. The van der Waals surface area contributed by atoms with Gasteiger partial charge in [0.25, 0.3) is 0 Å². The first-order chi connectivity index (χ1) is 12.8. The second-order valence-electron chi connectivity index (χ2n) is 7.18. The van der Waals surface area contributed by atoms with Crippen LogP contribution in [0.5, 0.6) is 0 Å². The highest BCUT2D eigenvalue weighted by Crippen LogP contribution is 2.36. The predicted molar refractivity (Wildman–Crippen MR) is 106 cm³/mol. The molecule has 27 heavy (non-hydrogen) atoms. The maximum Gasteiger partial charge on any atom is 0.233 e. The number of hydrogen-bond acceptors (Lipinski definition) is 6. The molecule has 1 fully saturated rings. The molecule has 0 radical (unpaired) electrons. The lowest BCUT2D eigenvalue weighted by atomic mass is 9.82. The number of carbonyl (C=O) groups is 1. The lowest BCUT2D eigenvalue weighted by Crippen LogP contribution is -2.37. The van der Waals surface area contributed by atoms with E-state index in [2.05, 4.69) is 10.3 Å². The van der Waals surface area contributed by atoms with Gasteiger partial charge < -0.3 is 10.1 Å². The first-order valence-electron chi connectivity index (χ1n) is 8.91. The van der Waals surface area contributed by atoms with Gasteiger partial charge in [-0.3, -0.25) is 4.79 Å². The molecule has 3 rings (SSSR count). The van der Waals surface area contributed by atoms with Crippen LogP contribution in [0.4, 0.5) is 5.13 Å². The van der Waals surface area contributed by atoms with Crippen LogP contribution in [0.3, 0.4) is 0 Å². The van der Waals surface area contributed by atoms with Crippen molar-refractivity contribution in [2.75, 3.05) is 18.2 Å². The van der Waals surface area contributed by atoms with Gasteiger partial charge in [0.15, 0.2) is 15.0 Å². The quantitative estimate of drug-likeness (QED) is 0.789. The van der Waals surface area contributed by atoms with Gasteiger partial charge in [0.1, 0.15) is 0 Å². The van der Waals surface area contributed by atoms with Gasteiger partial charge in [-0.25, -0.2) is 13.4 Å². The molecule has 1 amide bonds. The van der Waals surface area contributed by atoms with E-state index < -0.39 is 15.8 Å². The van der Waals surface area contributed by atoms with Crippen LogP contribution >= 0.6 is 11.3 Å². The van der Waals surface area contributed by atoms with Crippen LogP contribution in [0.15, 0.2) is 40.7 Å². The molecule has 8 heteroatoms. The van der Waals surface area contributed by atoms with E-state index in [-0.39, 0.29) is 16.4 Å². The first kappa shape index (κ1) is 20.0. The summed E-state index contributed by atoms with van der Waals surface area (Å²) >= 11 is 1.36. The largest absolute Gasteiger partial charge is 0.375 e. The lowest BCUT2D eigenvalue weighted by Gasteiger charge is -2.36. The number of sulfone groups is 1. The summed E-state index contributed by atoms with van der Waals surface area (Å²) < 4.78 is 29.4. The Morgan fingerprint density at radius 3 is 2.63 bits per heavy atom. The summed E-state index contributed by atoms with van der Waals surface area (Å²) in [6.45, 7) is 2.74. The molecule has 2 atom stereocenters. The molecule has 0 saturated carbocycles. The molecule has 1 aliphatic heterocycles. The highest BCUT2D eigenvalue weighted by molar-refractivity contribution is 7.90. The van der Waals surface area contributed by atoms with Crippen LogP contribution in [-0.4, -0.2) is 37.8 Å². The smallest absolute Gasteiger partial charge is 0.233 e. The molecule has 1 N–H and O–H groups in total. The fraction of sp³-hybridized carbons (Fsp3) is 0.474. The van der Waals surface area contributed by atoms with E-state index in [1.54, 1.807) is 35.8 Å². The van der Waals surface area contributed by atoms with Crippen LogP contribution in [0.2, 0.25) is 0 Å². The van der Waals surface area contributed by atoms with Gasteiger partial charge in [0.05, 0.1) is 16.4 Å². The maximum atomic E-state index is 13.0. The molecule has 1 aromatic carbocycles. The molecule has 2 aromatic rings. The van der Waals surface area contributed by atoms with Gasteiger partial charge in [0, 0.05) is 24.4 Å². The molecule has 0 spiro atoms. The molecule has 0 aliphatic carbocycles. The standard InChI is InChI=1S/C19H24N2O4S2/c1-19(9-3-4-11-25-19)13-16(17(22)21-18-20-10-12-26-18)14-5-7-15(8-6-14)27(2,23)24/h5-8,10,12,16H,3-4,9,11,13H2,1-2H3,(H,20,21,22). The summed E-state index contributed by atoms with van der Waals surface area (Å²) in [5, 5.41) is 5.22. The Kier molecular flexibility index (Phi) is 5.98. The second kappa shape index (κ2) is 8.08. The Balaban J connectivity index is 1.87.